The summed E-state index contributed by atoms with van der Waals surface area (Å²) in [7, 11) is -3.08. The summed E-state index contributed by atoms with van der Waals surface area (Å²) in [6.07, 6.45) is 1.91. The molecule has 0 bridgehead atoms. The molecule has 7 nitrogen and oxygen atoms in total. The average Bonchev–Trinajstić information content (AvgIpc) is 3.42. The first-order valence-electron chi connectivity index (χ1n) is 11.0. The summed E-state index contributed by atoms with van der Waals surface area (Å²) < 4.78 is 24.0. The number of thiophene rings is 1. The van der Waals surface area contributed by atoms with E-state index in [1.54, 1.807) is 16.2 Å². The van der Waals surface area contributed by atoms with Crippen molar-refractivity contribution in [1.29, 1.82) is 0 Å². The van der Waals surface area contributed by atoms with E-state index in [0.717, 1.165) is 10.6 Å². The number of amides is 2. The first kappa shape index (κ1) is 22.9. The standard InChI is InChI=1S/C23H29N3O4S2/c27-22(26(15-21-7-4-13-31-21)20-10-14-32(29,30)17-20)16-25-11-8-18(9-12-25)23(28)24-19-5-2-1-3-6-19/h1-7,13,18,20H,8-12,14-17H2,(H,24,28)/t20-/m1/s1. The van der Waals surface area contributed by atoms with Gasteiger partial charge in [0.2, 0.25) is 11.8 Å². The molecule has 0 spiro atoms. The number of hydrogen-bond acceptors (Lipinski definition) is 6. The van der Waals surface area contributed by atoms with Crippen molar-refractivity contribution in [3.05, 3.63) is 52.7 Å². The minimum Gasteiger partial charge on any atom is -0.332 e. The van der Waals surface area contributed by atoms with Gasteiger partial charge in [-0.25, -0.2) is 8.42 Å². The molecule has 2 fully saturated rings. The smallest absolute Gasteiger partial charge is 0.237 e. The van der Waals surface area contributed by atoms with Gasteiger partial charge in [0.05, 0.1) is 24.6 Å². The van der Waals surface area contributed by atoms with Crippen molar-refractivity contribution in [1.82, 2.24) is 9.80 Å². The molecule has 3 heterocycles. The van der Waals surface area contributed by atoms with Gasteiger partial charge in [0.25, 0.3) is 0 Å². The Kier molecular flexibility index (Phi) is 7.27. The Balaban J connectivity index is 1.32. The highest BCUT2D eigenvalue weighted by atomic mass is 32.2. The third kappa shape index (κ3) is 5.96. The number of piperidine rings is 1. The number of benzene rings is 1. The minimum atomic E-state index is -3.08. The van der Waals surface area contributed by atoms with Crippen molar-refractivity contribution in [2.75, 3.05) is 36.5 Å². The zero-order valence-corrected chi connectivity index (χ0v) is 19.6. The number of rotatable bonds is 7. The van der Waals surface area contributed by atoms with E-state index < -0.39 is 9.84 Å². The number of hydrogen-bond donors (Lipinski definition) is 1. The van der Waals surface area contributed by atoms with Crippen LogP contribution in [0.3, 0.4) is 0 Å². The van der Waals surface area contributed by atoms with Gasteiger partial charge in [-0.1, -0.05) is 24.3 Å². The van der Waals surface area contributed by atoms with Crippen molar-refractivity contribution in [3.8, 4) is 0 Å². The third-order valence-corrected chi connectivity index (χ3v) is 8.85. The molecule has 2 aromatic rings. The van der Waals surface area contributed by atoms with Crippen LogP contribution in [0.2, 0.25) is 0 Å². The summed E-state index contributed by atoms with van der Waals surface area (Å²) in [6.45, 7) is 2.06. The highest BCUT2D eigenvalue weighted by Gasteiger charge is 2.36. The molecule has 2 saturated heterocycles. The molecular weight excluding hydrogens is 446 g/mol. The molecule has 172 valence electrons. The second-order valence-corrected chi connectivity index (χ2v) is 11.8. The van der Waals surface area contributed by atoms with Crippen molar-refractivity contribution >= 4 is 38.7 Å². The maximum atomic E-state index is 13.2. The maximum Gasteiger partial charge on any atom is 0.237 e. The summed E-state index contributed by atoms with van der Waals surface area (Å²) in [5.41, 5.74) is 0.797. The van der Waals surface area contributed by atoms with Gasteiger partial charge in [-0.15, -0.1) is 11.3 Å². The number of anilines is 1. The Bertz CT molecular complexity index is 1020. The quantitative estimate of drug-likeness (QED) is 0.665. The molecule has 1 aromatic carbocycles. The van der Waals surface area contributed by atoms with Crippen molar-refractivity contribution in [2.24, 2.45) is 5.92 Å². The lowest BCUT2D eigenvalue weighted by Crippen LogP contribution is -2.48. The first-order chi connectivity index (χ1) is 15.4. The van der Waals surface area contributed by atoms with Crippen LogP contribution in [0.25, 0.3) is 0 Å². The molecule has 2 aliphatic heterocycles. The predicted molar refractivity (Wildman–Crippen MR) is 126 cm³/mol. The molecule has 4 rings (SSSR count). The molecule has 1 aromatic heterocycles. The van der Waals surface area contributed by atoms with Crippen LogP contribution in [0.4, 0.5) is 5.69 Å². The van der Waals surface area contributed by atoms with Gasteiger partial charge in [0.15, 0.2) is 9.84 Å². The van der Waals surface area contributed by atoms with Crippen LogP contribution in [-0.2, 0) is 26.0 Å². The van der Waals surface area contributed by atoms with Crippen LogP contribution < -0.4 is 5.32 Å². The maximum absolute atomic E-state index is 13.2. The third-order valence-electron chi connectivity index (χ3n) is 6.23. The second-order valence-electron chi connectivity index (χ2n) is 8.56. The van der Waals surface area contributed by atoms with Crippen molar-refractivity contribution < 1.29 is 18.0 Å². The summed E-state index contributed by atoms with van der Waals surface area (Å²) in [6, 6.07) is 13.1. The van der Waals surface area contributed by atoms with Gasteiger partial charge in [-0.3, -0.25) is 14.5 Å². The number of sulfone groups is 1. The van der Waals surface area contributed by atoms with E-state index >= 15 is 0 Å². The van der Waals surface area contributed by atoms with Gasteiger partial charge >= 0.3 is 0 Å². The number of para-hydroxylation sites is 1. The van der Waals surface area contributed by atoms with E-state index in [0.29, 0.717) is 38.9 Å². The van der Waals surface area contributed by atoms with E-state index in [2.05, 4.69) is 10.2 Å². The molecular formula is C23H29N3O4S2. The largest absolute Gasteiger partial charge is 0.332 e. The fraction of sp³-hybridized carbons (Fsp3) is 0.478. The van der Waals surface area contributed by atoms with Crippen LogP contribution in [0.15, 0.2) is 47.8 Å². The SMILES string of the molecule is O=C(Nc1ccccc1)C1CCN(CC(=O)N(Cc2cccs2)[C@@H]2CCS(=O)(=O)C2)CC1. The van der Waals surface area contributed by atoms with Crippen LogP contribution >= 0.6 is 11.3 Å². The zero-order valence-electron chi connectivity index (χ0n) is 18.0. The number of carbonyl (C=O) groups is 2. The lowest BCUT2D eigenvalue weighted by molar-refractivity contribution is -0.135. The number of carbonyl (C=O) groups excluding carboxylic acids is 2. The first-order valence-corrected chi connectivity index (χ1v) is 13.7. The lowest BCUT2D eigenvalue weighted by Gasteiger charge is -2.34. The van der Waals surface area contributed by atoms with Crippen LogP contribution in [0, 0.1) is 5.92 Å². The number of nitrogens with one attached hydrogen (secondary N) is 1. The van der Waals surface area contributed by atoms with Gasteiger partial charge in [0, 0.05) is 22.5 Å². The molecule has 0 radical (unpaired) electrons. The topological polar surface area (TPSA) is 86.8 Å². The van der Waals surface area contributed by atoms with E-state index in [4.69, 9.17) is 0 Å². The second kappa shape index (κ2) is 10.1. The van der Waals surface area contributed by atoms with Crippen LogP contribution in [-0.4, -0.2) is 67.2 Å². The molecule has 0 saturated carbocycles. The van der Waals surface area contributed by atoms with Gasteiger partial charge in [-0.2, -0.15) is 0 Å². The Morgan fingerprint density at radius 1 is 1.06 bits per heavy atom. The number of likely N-dealkylation sites (tertiary alicyclic amines) is 1. The summed E-state index contributed by atoms with van der Waals surface area (Å²) >= 11 is 1.58. The monoisotopic (exact) mass is 475 g/mol. The molecule has 0 unspecified atom stereocenters. The summed E-state index contributed by atoms with van der Waals surface area (Å²) in [5, 5.41) is 4.93. The highest BCUT2D eigenvalue weighted by molar-refractivity contribution is 7.91. The Morgan fingerprint density at radius 2 is 1.81 bits per heavy atom. The molecule has 9 heteroatoms. The Hall–Kier alpha value is -2.23. The normalized spacial score (nSPS) is 21.3. The molecule has 32 heavy (non-hydrogen) atoms. The average molecular weight is 476 g/mol. The fourth-order valence-electron chi connectivity index (χ4n) is 4.41. The highest BCUT2D eigenvalue weighted by Crippen LogP contribution is 2.24. The molecule has 2 aliphatic rings. The molecule has 2 amide bonds. The number of nitrogens with zero attached hydrogens (tertiary/aromatic N) is 2. The summed E-state index contributed by atoms with van der Waals surface area (Å²) in [5.74, 6) is 0.119. The van der Waals surface area contributed by atoms with Crippen molar-refractivity contribution in [3.63, 3.8) is 0 Å². The van der Waals surface area contributed by atoms with Gasteiger partial charge in [0.1, 0.15) is 0 Å². The van der Waals surface area contributed by atoms with Crippen LogP contribution in [0.1, 0.15) is 24.1 Å². The summed E-state index contributed by atoms with van der Waals surface area (Å²) in [4.78, 5) is 30.7. The Morgan fingerprint density at radius 3 is 2.44 bits per heavy atom. The van der Waals surface area contributed by atoms with E-state index in [9.17, 15) is 18.0 Å². The van der Waals surface area contributed by atoms with E-state index in [-0.39, 0.29) is 41.8 Å². The van der Waals surface area contributed by atoms with E-state index in [1.165, 1.54) is 0 Å². The lowest BCUT2D eigenvalue weighted by atomic mass is 9.95. The van der Waals surface area contributed by atoms with Gasteiger partial charge in [-0.05, 0) is 55.9 Å². The Labute approximate surface area is 193 Å². The predicted octanol–water partition coefficient (Wildman–Crippen LogP) is 2.61. The molecule has 1 atom stereocenters. The minimum absolute atomic E-state index is 0.0256. The molecule has 1 N–H and O–H groups in total. The van der Waals surface area contributed by atoms with Crippen molar-refractivity contribution in [2.45, 2.75) is 31.8 Å². The van der Waals surface area contributed by atoms with Gasteiger partial charge < -0.3 is 10.2 Å². The van der Waals surface area contributed by atoms with Crippen LogP contribution in [0.5, 0.6) is 0 Å². The van der Waals surface area contributed by atoms with E-state index in [1.807, 2.05) is 47.8 Å². The molecule has 0 aliphatic carbocycles. The fourth-order valence-corrected chi connectivity index (χ4v) is 6.85. The zero-order chi connectivity index (χ0) is 22.6.